The number of phenols is 2. The number of hydrogen-bond acceptors (Lipinski definition) is 2. The van der Waals surface area contributed by atoms with Crippen LogP contribution in [0.3, 0.4) is 0 Å². The second-order valence-corrected chi connectivity index (χ2v) is 2.11. The lowest BCUT2D eigenvalue weighted by Gasteiger charge is -1.98. The zero-order valence-corrected chi connectivity index (χ0v) is 5.56. The lowest BCUT2D eigenvalue weighted by Crippen LogP contribution is -1.76. The van der Waals surface area contributed by atoms with Gasteiger partial charge < -0.3 is 10.2 Å². The maximum atomic E-state index is 12.3. The summed E-state index contributed by atoms with van der Waals surface area (Å²) >= 11 is 5.24. The third-order valence-corrected chi connectivity index (χ3v) is 1.42. The summed E-state index contributed by atoms with van der Waals surface area (Å²) in [6, 6.07) is 1.99. The fourth-order valence-electron chi connectivity index (χ4n) is 0.530. The Kier molecular flexibility index (Phi) is 1.68. The van der Waals surface area contributed by atoms with Gasteiger partial charge in [-0.3, -0.25) is 0 Å². The molecule has 0 aromatic heterocycles. The van der Waals surface area contributed by atoms with Crippen molar-refractivity contribution in [2.45, 2.75) is 0 Å². The average molecular weight is 163 g/mol. The molecule has 0 saturated carbocycles. The van der Waals surface area contributed by atoms with Crippen molar-refractivity contribution in [3.05, 3.63) is 23.0 Å². The molecule has 2 N–H and O–H groups in total. The number of benzene rings is 1. The van der Waals surface area contributed by atoms with E-state index in [0.717, 1.165) is 12.1 Å². The van der Waals surface area contributed by atoms with Gasteiger partial charge in [-0.15, -0.1) is 0 Å². The fourth-order valence-corrected chi connectivity index (χ4v) is 0.684. The highest BCUT2D eigenvalue weighted by Gasteiger charge is 2.08. The van der Waals surface area contributed by atoms with Gasteiger partial charge in [-0.1, -0.05) is 11.6 Å². The third kappa shape index (κ3) is 0.998. The predicted molar refractivity (Wildman–Crippen MR) is 34.7 cm³/mol. The van der Waals surface area contributed by atoms with Crippen LogP contribution in [0.2, 0.25) is 5.02 Å². The van der Waals surface area contributed by atoms with Crippen LogP contribution in [0.15, 0.2) is 12.1 Å². The van der Waals surface area contributed by atoms with Gasteiger partial charge in [-0.25, -0.2) is 4.39 Å². The standard InChI is InChI=1S/C6H4ClFO2/c7-5-4(9)2-1-3(8)6(5)10/h1-2,9-10H. The van der Waals surface area contributed by atoms with Crippen molar-refractivity contribution in [1.82, 2.24) is 0 Å². The number of halogens is 2. The average Bonchev–Trinajstić information content (AvgIpc) is 1.93. The van der Waals surface area contributed by atoms with E-state index in [1.54, 1.807) is 0 Å². The molecule has 0 unspecified atom stereocenters. The number of aromatic hydroxyl groups is 2. The highest BCUT2D eigenvalue weighted by atomic mass is 35.5. The van der Waals surface area contributed by atoms with E-state index in [-0.39, 0.29) is 10.8 Å². The highest BCUT2D eigenvalue weighted by molar-refractivity contribution is 6.33. The van der Waals surface area contributed by atoms with Gasteiger partial charge in [-0.05, 0) is 12.1 Å². The number of hydrogen-bond donors (Lipinski definition) is 2. The molecule has 0 radical (unpaired) electrons. The van der Waals surface area contributed by atoms with Gasteiger partial charge in [0, 0.05) is 0 Å². The summed E-state index contributed by atoms with van der Waals surface area (Å²) in [4.78, 5) is 0. The van der Waals surface area contributed by atoms with Crippen LogP contribution in [-0.2, 0) is 0 Å². The van der Waals surface area contributed by atoms with Crippen LogP contribution in [0.1, 0.15) is 0 Å². The third-order valence-electron chi connectivity index (χ3n) is 1.05. The molecule has 0 spiro atoms. The maximum absolute atomic E-state index is 12.3. The van der Waals surface area contributed by atoms with Gasteiger partial charge >= 0.3 is 0 Å². The molecular formula is C6H4ClFO2. The molecule has 1 rings (SSSR count). The summed E-state index contributed by atoms with van der Waals surface area (Å²) in [5.41, 5.74) is 0. The molecule has 0 amide bonds. The van der Waals surface area contributed by atoms with E-state index in [4.69, 9.17) is 21.8 Å². The van der Waals surface area contributed by atoms with Gasteiger partial charge in [0.1, 0.15) is 10.8 Å². The Morgan fingerprint density at radius 2 is 1.90 bits per heavy atom. The van der Waals surface area contributed by atoms with Crippen molar-refractivity contribution in [2.75, 3.05) is 0 Å². The summed E-state index contributed by atoms with van der Waals surface area (Å²) in [6.07, 6.45) is 0. The normalized spacial score (nSPS) is 9.80. The Bertz CT molecular complexity index is 235. The maximum Gasteiger partial charge on any atom is 0.174 e. The second kappa shape index (κ2) is 2.34. The summed E-state index contributed by atoms with van der Waals surface area (Å²) in [5.74, 6) is -1.90. The van der Waals surface area contributed by atoms with Crippen LogP contribution in [-0.4, -0.2) is 10.2 Å². The Hall–Kier alpha value is -0.960. The van der Waals surface area contributed by atoms with E-state index < -0.39 is 11.6 Å². The molecule has 54 valence electrons. The van der Waals surface area contributed by atoms with Crippen molar-refractivity contribution < 1.29 is 14.6 Å². The van der Waals surface area contributed by atoms with Gasteiger partial charge in [-0.2, -0.15) is 0 Å². The van der Waals surface area contributed by atoms with Crippen LogP contribution in [0.5, 0.6) is 11.5 Å². The van der Waals surface area contributed by atoms with Gasteiger partial charge in [0.2, 0.25) is 0 Å². The minimum Gasteiger partial charge on any atom is -0.506 e. The smallest absolute Gasteiger partial charge is 0.174 e. The molecule has 2 nitrogen and oxygen atoms in total. The number of rotatable bonds is 0. The van der Waals surface area contributed by atoms with E-state index in [1.165, 1.54) is 0 Å². The summed E-state index contributed by atoms with van der Waals surface area (Å²) < 4.78 is 12.3. The molecule has 1 aromatic rings. The minimum absolute atomic E-state index is 0.333. The van der Waals surface area contributed by atoms with Crippen LogP contribution in [0.25, 0.3) is 0 Å². The van der Waals surface area contributed by atoms with E-state index in [2.05, 4.69) is 0 Å². The summed E-state index contributed by atoms with van der Waals surface area (Å²) in [5, 5.41) is 17.1. The molecule has 0 aliphatic carbocycles. The molecule has 0 aliphatic heterocycles. The monoisotopic (exact) mass is 162 g/mol. The first-order valence-corrected chi connectivity index (χ1v) is 2.86. The zero-order valence-electron chi connectivity index (χ0n) is 4.81. The first-order chi connectivity index (χ1) is 4.63. The Morgan fingerprint density at radius 1 is 1.30 bits per heavy atom. The van der Waals surface area contributed by atoms with E-state index in [9.17, 15) is 4.39 Å². The summed E-state index contributed by atoms with van der Waals surface area (Å²) in [6.45, 7) is 0. The van der Waals surface area contributed by atoms with Crippen LogP contribution in [0, 0.1) is 5.82 Å². The van der Waals surface area contributed by atoms with Crippen molar-refractivity contribution in [1.29, 1.82) is 0 Å². The Morgan fingerprint density at radius 3 is 2.40 bits per heavy atom. The molecule has 0 bridgehead atoms. The second-order valence-electron chi connectivity index (χ2n) is 1.73. The Labute approximate surface area is 61.5 Å². The highest BCUT2D eigenvalue weighted by Crippen LogP contribution is 2.33. The molecule has 0 saturated heterocycles. The van der Waals surface area contributed by atoms with Crippen LogP contribution >= 0.6 is 11.6 Å². The van der Waals surface area contributed by atoms with Crippen LogP contribution in [0.4, 0.5) is 4.39 Å². The topological polar surface area (TPSA) is 40.5 Å². The fraction of sp³-hybridized carbons (Fsp3) is 0. The minimum atomic E-state index is -0.845. The van der Waals surface area contributed by atoms with E-state index in [0.29, 0.717) is 0 Å². The van der Waals surface area contributed by atoms with Gasteiger partial charge in [0.25, 0.3) is 0 Å². The first kappa shape index (κ1) is 7.15. The molecular weight excluding hydrogens is 159 g/mol. The molecule has 0 aliphatic rings. The van der Waals surface area contributed by atoms with Crippen molar-refractivity contribution >= 4 is 11.6 Å². The zero-order chi connectivity index (χ0) is 7.72. The van der Waals surface area contributed by atoms with Crippen LogP contribution < -0.4 is 0 Å². The SMILES string of the molecule is Oc1ccc(F)c(O)c1Cl. The first-order valence-electron chi connectivity index (χ1n) is 2.49. The molecule has 1 aromatic carbocycles. The molecule has 4 heteroatoms. The van der Waals surface area contributed by atoms with E-state index >= 15 is 0 Å². The van der Waals surface area contributed by atoms with Crippen molar-refractivity contribution in [3.63, 3.8) is 0 Å². The molecule has 0 heterocycles. The quantitative estimate of drug-likeness (QED) is 0.612. The van der Waals surface area contributed by atoms with Gasteiger partial charge in [0.05, 0.1) is 0 Å². The number of phenolic OH excluding ortho intramolecular Hbond substituents is 2. The largest absolute Gasteiger partial charge is 0.506 e. The van der Waals surface area contributed by atoms with E-state index in [1.807, 2.05) is 0 Å². The van der Waals surface area contributed by atoms with Crippen molar-refractivity contribution in [3.8, 4) is 11.5 Å². The van der Waals surface area contributed by atoms with Crippen molar-refractivity contribution in [2.24, 2.45) is 0 Å². The molecule has 0 fully saturated rings. The lowest BCUT2D eigenvalue weighted by molar-refractivity contribution is 0.419. The summed E-state index contributed by atoms with van der Waals surface area (Å²) in [7, 11) is 0. The lowest BCUT2D eigenvalue weighted by atomic mass is 10.3. The van der Waals surface area contributed by atoms with Gasteiger partial charge in [0.15, 0.2) is 11.6 Å². The molecule has 0 atom stereocenters. The Balaban J connectivity index is 3.34. The predicted octanol–water partition coefficient (Wildman–Crippen LogP) is 1.89. The molecule has 10 heavy (non-hydrogen) atoms.